The lowest BCUT2D eigenvalue weighted by Crippen LogP contribution is -2.16. The number of benzene rings is 2. The largest absolute Gasteiger partial charge is 0.573 e. The molecule has 0 unspecified atom stereocenters. The third kappa shape index (κ3) is 4.53. The Morgan fingerprint density at radius 1 is 1.13 bits per heavy atom. The van der Waals surface area contributed by atoms with E-state index >= 15 is 0 Å². The van der Waals surface area contributed by atoms with E-state index in [-0.39, 0.29) is 11.4 Å². The number of aromatic nitrogens is 3. The Labute approximate surface area is 182 Å². The molecule has 0 spiro atoms. The van der Waals surface area contributed by atoms with Gasteiger partial charge in [0.1, 0.15) is 17.1 Å². The van der Waals surface area contributed by atoms with E-state index in [9.17, 15) is 18.0 Å². The monoisotopic (exact) mass is 491 g/mol. The number of hydrogen-bond donors (Lipinski definition) is 0. The van der Waals surface area contributed by atoms with Gasteiger partial charge in [0.05, 0.1) is 5.69 Å². The van der Waals surface area contributed by atoms with Gasteiger partial charge in [-0.3, -0.25) is 4.79 Å². The van der Waals surface area contributed by atoms with Crippen molar-refractivity contribution < 1.29 is 27.1 Å². The first-order valence-corrected chi connectivity index (χ1v) is 9.67. The highest BCUT2D eigenvalue weighted by Crippen LogP contribution is 2.38. The molecule has 0 saturated heterocycles. The van der Waals surface area contributed by atoms with Gasteiger partial charge in [-0.25, -0.2) is 9.67 Å². The van der Waals surface area contributed by atoms with Crippen molar-refractivity contribution in [2.45, 2.75) is 13.3 Å². The van der Waals surface area contributed by atoms with Crippen molar-refractivity contribution in [2.75, 3.05) is 0 Å². The van der Waals surface area contributed by atoms with Gasteiger partial charge in [-0.15, -0.1) is 13.2 Å². The van der Waals surface area contributed by atoms with Crippen LogP contribution in [0.5, 0.6) is 5.75 Å². The number of carbonyl (C=O) groups excluding carboxylic acids is 1. The summed E-state index contributed by atoms with van der Waals surface area (Å²) in [6.07, 6.45) is -2.49. The Balaban J connectivity index is 1.81. The first-order chi connectivity index (χ1) is 14.7. The lowest BCUT2D eigenvalue weighted by atomic mass is 10.0. The second-order valence-corrected chi connectivity index (χ2v) is 7.36. The van der Waals surface area contributed by atoms with Crippen LogP contribution in [-0.2, 0) is 0 Å². The fourth-order valence-electron chi connectivity index (χ4n) is 3.04. The number of ether oxygens (including phenoxy) is 1. The van der Waals surface area contributed by atoms with Crippen molar-refractivity contribution in [2.24, 2.45) is 0 Å². The summed E-state index contributed by atoms with van der Waals surface area (Å²) in [5.41, 5.74) is 2.51. The maximum atomic E-state index is 12.4. The van der Waals surface area contributed by atoms with E-state index in [0.717, 1.165) is 4.47 Å². The minimum Gasteiger partial charge on any atom is -0.440 e. The van der Waals surface area contributed by atoms with Gasteiger partial charge in [0.15, 0.2) is 17.9 Å². The summed E-state index contributed by atoms with van der Waals surface area (Å²) in [5, 5.41) is 4.22. The molecular formula is C21H13BrF3N3O3. The quantitative estimate of drug-likeness (QED) is 0.321. The zero-order valence-corrected chi connectivity index (χ0v) is 17.4. The minimum absolute atomic E-state index is 0.267. The Kier molecular flexibility index (Phi) is 5.40. The van der Waals surface area contributed by atoms with Gasteiger partial charge in [0, 0.05) is 28.7 Å². The predicted octanol–water partition coefficient (Wildman–Crippen LogP) is 5.98. The maximum Gasteiger partial charge on any atom is 0.573 e. The average Bonchev–Trinajstić information content (AvgIpc) is 3.34. The van der Waals surface area contributed by atoms with Crippen LogP contribution in [0.4, 0.5) is 13.2 Å². The van der Waals surface area contributed by atoms with Crippen LogP contribution in [0.2, 0.25) is 0 Å². The smallest absolute Gasteiger partial charge is 0.440 e. The fraction of sp³-hybridized carbons (Fsp3) is 0.0952. The van der Waals surface area contributed by atoms with Crippen LogP contribution in [0.1, 0.15) is 16.4 Å². The first kappa shape index (κ1) is 20.9. The summed E-state index contributed by atoms with van der Waals surface area (Å²) in [5.74, 6) is 0.445. The maximum absolute atomic E-state index is 12.4. The van der Waals surface area contributed by atoms with Gasteiger partial charge in [0.25, 0.3) is 0 Å². The van der Waals surface area contributed by atoms with Crippen molar-refractivity contribution in [1.29, 1.82) is 0 Å². The fourth-order valence-corrected chi connectivity index (χ4v) is 3.41. The van der Waals surface area contributed by atoms with Crippen LogP contribution in [0, 0.1) is 6.92 Å². The predicted molar refractivity (Wildman–Crippen MR) is 109 cm³/mol. The molecule has 0 bridgehead atoms. The molecule has 10 heteroatoms. The molecule has 0 aliphatic carbocycles. The van der Waals surface area contributed by atoms with Crippen molar-refractivity contribution in [3.63, 3.8) is 0 Å². The van der Waals surface area contributed by atoms with Crippen LogP contribution >= 0.6 is 15.9 Å². The molecule has 2 aromatic carbocycles. The summed E-state index contributed by atoms with van der Waals surface area (Å²) >= 11 is 3.44. The van der Waals surface area contributed by atoms with Crippen LogP contribution < -0.4 is 4.74 Å². The third-order valence-electron chi connectivity index (χ3n) is 4.28. The van der Waals surface area contributed by atoms with E-state index in [1.54, 1.807) is 25.3 Å². The van der Waals surface area contributed by atoms with Crippen molar-refractivity contribution >= 4 is 22.2 Å². The van der Waals surface area contributed by atoms with Gasteiger partial charge < -0.3 is 9.15 Å². The number of halogens is 4. The summed E-state index contributed by atoms with van der Waals surface area (Å²) in [7, 11) is 0. The topological polar surface area (TPSA) is 70.2 Å². The molecular weight excluding hydrogens is 479 g/mol. The standard InChI is InChI=1S/C21H13BrF3N3O3/c1-12-26-19(13-2-5-16(6-3-13)31-21(23,24)25)20(30-12)17-10-14(22)4-7-18(17)28-9-8-15(11-29)27-28/h2-11H,1H3. The Hall–Kier alpha value is -3.40. The molecule has 4 rings (SSSR count). The number of alkyl halides is 3. The molecule has 158 valence electrons. The van der Waals surface area contributed by atoms with Crippen LogP contribution in [0.3, 0.4) is 0 Å². The Morgan fingerprint density at radius 2 is 1.87 bits per heavy atom. The number of nitrogens with zero attached hydrogens (tertiary/aromatic N) is 3. The molecule has 2 aromatic heterocycles. The second kappa shape index (κ2) is 8.03. The number of carbonyl (C=O) groups is 1. The van der Waals surface area contributed by atoms with E-state index in [2.05, 4.69) is 30.7 Å². The molecule has 0 aliphatic heterocycles. The van der Waals surface area contributed by atoms with Crippen LogP contribution in [0.15, 0.2) is 63.6 Å². The van der Waals surface area contributed by atoms with E-state index in [4.69, 9.17) is 4.42 Å². The number of aryl methyl sites for hydroxylation is 1. The number of hydrogen-bond acceptors (Lipinski definition) is 5. The number of aldehydes is 1. The third-order valence-corrected chi connectivity index (χ3v) is 4.77. The molecule has 31 heavy (non-hydrogen) atoms. The van der Waals surface area contributed by atoms with Gasteiger partial charge in [-0.05, 0) is 48.5 Å². The zero-order valence-electron chi connectivity index (χ0n) is 15.9. The van der Waals surface area contributed by atoms with E-state index in [1.807, 2.05) is 12.1 Å². The lowest BCUT2D eigenvalue weighted by molar-refractivity contribution is -0.274. The van der Waals surface area contributed by atoms with Gasteiger partial charge >= 0.3 is 6.36 Å². The highest BCUT2D eigenvalue weighted by atomic mass is 79.9. The average molecular weight is 492 g/mol. The Morgan fingerprint density at radius 3 is 2.52 bits per heavy atom. The van der Waals surface area contributed by atoms with Gasteiger partial charge in [-0.2, -0.15) is 5.10 Å². The molecule has 0 N–H and O–H groups in total. The molecule has 0 atom stereocenters. The van der Waals surface area contributed by atoms with Crippen molar-refractivity contribution in [3.05, 3.63) is 70.8 Å². The van der Waals surface area contributed by atoms with E-state index < -0.39 is 6.36 Å². The van der Waals surface area contributed by atoms with E-state index in [1.165, 1.54) is 28.9 Å². The highest BCUT2D eigenvalue weighted by molar-refractivity contribution is 9.10. The summed E-state index contributed by atoms with van der Waals surface area (Å²) in [6.45, 7) is 1.67. The molecule has 0 amide bonds. The number of rotatable bonds is 5. The molecule has 4 aromatic rings. The molecule has 0 aliphatic rings. The molecule has 0 radical (unpaired) electrons. The molecule has 0 saturated carbocycles. The molecule has 0 fully saturated rings. The second-order valence-electron chi connectivity index (χ2n) is 6.45. The van der Waals surface area contributed by atoms with Gasteiger partial charge in [0.2, 0.25) is 0 Å². The van der Waals surface area contributed by atoms with Crippen molar-refractivity contribution in [3.8, 4) is 34.0 Å². The number of oxazole rings is 1. The summed E-state index contributed by atoms with van der Waals surface area (Å²) in [6, 6.07) is 12.4. The SMILES string of the molecule is Cc1nc(-c2ccc(OC(F)(F)F)cc2)c(-c2cc(Br)ccc2-n2ccc(C=O)n2)o1. The zero-order chi connectivity index (χ0) is 22.2. The van der Waals surface area contributed by atoms with Gasteiger partial charge in [-0.1, -0.05) is 15.9 Å². The van der Waals surface area contributed by atoms with E-state index in [0.29, 0.717) is 40.4 Å². The normalized spacial score (nSPS) is 11.5. The van der Waals surface area contributed by atoms with Crippen LogP contribution in [0.25, 0.3) is 28.3 Å². The minimum atomic E-state index is -4.77. The first-order valence-electron chi connectivity index (χ1n) is 8.88. The summed E-state index contributed by atoms with van der Waals surface area (Å²) < 4.78 is 49.4. The van der Waals surface area contributed by atoms with Crippen LogP contribution in [-0.4, -0.2) is 27.4 Å². The highest BCUT2D eigenvalue weighted by Gasteiger charge is 2.31. The molecule has 2 heterocycles. The van der Waals surface area contributed by atoms with Crippen molar-refractivity contribution in [1.82, 2.24) is 14.8 Å². The molecule has 6 nitrogen and oxygen atoms in total. The Bertz CT molecular complexity index is 1250. The summed E-state index contributed by atoms with van der Waals surface area (Å²) in [4.78, 5) is 15.4. The lowest BCUT2D eigenvalue weighted by Gasteiger charge is -2.11.